The molecule has 0 saturated carbocycles. The first-order valence-corrected chi connectivity index (χ1v) is 13.4. The van der Waals surface area contributed by atoms with Crippen molar-refractivity contribution in [1.82, 2.24) is 20.2 Å². The zero-order chi connectivity index (χ0) is 27.0. The number of hydrogen-bond acceptors (Lipinski definition) is 6. The summed E-state index contributed by atoms with van der Waals surface area (Å²) in [5.41, 5.74) is 8.41. The van der Waals surface area contributed by atoms with E-state index in [0.29, 0.717) is 11.0 Å². The van der Waals surface area contributed by atoms with E-state index in [1.54, 1.807) is 7.11 Å². The molecule has 0 atom stereocenters. The number of nitrogens with zero attached hydrogens (tertiary/aromatic N) is 4. The number of carbonyl (C=O) groups excluding carboxylic acids is 1. The first-order valence-electron chi connectivity index (χ1n) is 12.4. The minimum atomic E-state index is -0.231. The van der Waals surface area contributed by atoms with Crippen molar-refractivity contribution in [2.24, 2.45) is 5.10 Å². The van der Waals surface area contributed by atoms with E-state index in [4.69, 9.17) is 4.74 Å². The second-order valence-corrected chi connectivity index (χ2v) is 9.61. The maximum atomic E-state index is 12.7. The van der Waals surface area contributed by atoms with E-state index in [1.165, 1.54) is 11.8 Å². The first kappa shape index (κ1) is 25.9. The standard InChI is InChI=1S/C31H27N5O2S/c1-22(23-13-15-25(16-14-23)24-9-5-3-6-10-24)32-33-29(37)21-39-31-35-34-30(26-11-7-4-8-12-26)36(31)27-17-19-28(38-2)20-18-27/h3-20H,21H2,1-2H3,(H,33,37). The highest BCUT2D eigenvalue weighted by atomic mass is 32.2. The van der Waals surface area contributed by atoms with Crippen molar-refractivity contribution in [3.63, 3.8) is 0 Å². The number of ether oxygens (including phenoxy) is 1. The molecule has 8 heteroatoms. The highest BCUT2D eigenvalue weighted by Gasteiger charge is 2.17. The van der Waals surface area contributed by atoms with Crippen LogP contribution in [0.25, 0.3) is 28.2 Å². The van der Waals surface area contributed by atoms with Crippen LogP contribution in [-0.2, 0) is 4.79 Å². The molecule has 1 heterocycles. The predicted molar refractivity (Wildman–Crippen MR) is 156 cm³/mol. The van der Waals surface area contributed by atoms with Gasteiger partial charge in [0.15, 0.2) is 11.0 Å². The number of hydrazone groups is 1. The molecule has 5 aromatic rings. The van der Waals surface area contributed by atoms with Gasteiger partial charge in [-0.2, -0.15) is 5.10 Å². The molecule has 0 aliphatic carbocycles. The largest absolute Gasteiger partial charge is 0.497 e. The fraction of sp³-hybridized carbons (Fsp3) is 0.0968. The van der Waals surface area contributed by atoms with Gasteiger partial charge in [-0.1, -0.05) is 96.7 Å². The summed E-state index contributed by atoms with van der Waals surface area (Å²) in [7, 11) is 1.63. The van der Waals surface area contributed by atoms with Crippen LogP contribution >= 0.6 is 11.8 Å². The number of rotatable bonds is 9. The van der Waals surface area contributed by atoms with Crippen LogP contribution in [0, 0.1) is 0 Å². The van der Waals surface area contributed by atoms with E-state index in [9.17, 15) is 4.79 Å². The minimum Gasteiger partial charge on any atom is -0.497 e. The Morgan fingerprint density at radius 3 is 2.08 bits per heavy atom. The highest BCUT2D eigenvalue weighted by Crippen LogP contribution is 2.29. The second-order valence-electron chi connectivity index (χ2n) is 8.67. The third-order valence-corrected chi connectivity index (χ3v) is 7.02. The fourth-order valence-corrected chi connectivity index (χ4v) is 4.75. The number of hydrogen-bond donors (Lipinski definition) is 1. The summed E-state index contributed by atoms with van der Waals surface area (Å²) < 4.78 is 7.24. The Bertz CT molecular complexity index is 1570. The molecular weight excluding hydrogens is 506 g/mol. The average molecular weight is 534 g/mol. The van der Waals surface area contributed by atoms with Gasteiger partial charge in [0.2, 0.25) is 0 Å². The summed E-state index contributed by atoms with van der Waals surface area (Å²) in [6.45, 7) is 1.87. The first-order chi connectivity index (χ1) is 19.1. The molecule has 1 N–H and O–H groups in total. The molecule has 0 fully saturated rings. The smallest absolute Gasteiger partial charge is 0.250 e. The number of thioether (sulfide) groups is 1. The molecule has 39 heavy (non-hydrogen) atoms. The van der Waals surface area contributed by atoms with Crippen molar-refractivity contribution in [3.05, 3.63) is 115 Å². The Hall–Kier alpha value is -4.69. The number of nitrogens with one attached hydrogen (secondary N) is 1. The molecule has 194 valence electrons. The SMILES string of the molecule is COc1ccc(-n2c(SCC(=O)NN=C(C)c3ccc(-c4ccccc4)cc3)nnc2-c2ccccc2)cc1. The van der Waals surface area contributed by atoms with Crippen molar-refractivity contribution in [1.29, 1.82) is 0 Å². The van der Waals surface area contributed by atoms with Crippen LogP contribution in [0.5, 0.6) is 5.75 Å². The highest BCUT2D eigenvalue weighted by molar-refractivity contribution is 7.99. The van der Waals surface area contributed by atoms with Crippen LogP contribution in [0.2, 0.25) is 0 Å². The summed E-state index contributed by atoms with van der Waals surface area (Å²) in [6, 6.07) is 35.8. The Kier molecular flexibility index (Phi) is 8.14. The maximum Gasteiger partial charge on any atom is 0.250 e. The molecule has 1 amide bonds. The lowest BCUT2D eigenvalue weighted by Crippen LogP contribution is -2.21. The molecule has 0 radical (unpaired) electrons. The summed E-state index contributed by atoms with van der Waals surface area (Å²) in [4.78, 5) is 12.7. The Morgan fingerprint density at radius 1 is 0.821 bits per heavy atom. The van der Waals surface area contributed by atoms with Gasteiger partial charge in [-0.3, -0.25) is 9.36 Å². The normalized spacial score (nSPS) is 11.3. The molecule has 0 spiro atoms. The van der Waals surface area contributed by atoms with Crippen molar-refractivity contribution in [3.8, 4) is 34.0 Å². The van der Waals surface area contributed by atoms with E-state index in [2.05, 4.69) is 45.0 Å². The van der Waals surface area contributed by atoms with Gasteiger partial charge in [0.25, 0.3) is 5.91 Å². The van der Waals surface area contributed by atoms with Crippen molar-refractivity contribution < 1.29 is 9.53 Å². The lowest BCUT2D eigenvalue weighted by atomic mass is 10.0. The predicted octanol–water partition coefficient (Wildman–Crippen LogP) is 6.24. The summed E-state index contributed by atoms with van der Waals surface area (Å²) in [5, 5.41) is 13.7. The molecule has 4 aromatic carbocycles. The molecule has 0 aliphatic rings. The third kappa shape index (κ3) is 6.25. The van der Waals surface area contributed by atoms with E-state index < -0.39 is 0 Å². The quantitative estimate of drug-likeness (QED) is 0.138. The van der Waals surface area contributed by atoms with Crippen LogP contribution in [0.1, 0.15) is 12.5 Å². The van der Waals surface area contributed by atoms with Crippen molar-refractivity contribution in [2.45, 2.75) is 12.1 Å². The van der Waals surface area contributed by atoms with Crippen LogP contribution < -0.4 is 10.2 Å². The van der Waals surface area contributed by atoms with Gasteiger partial charge in [0, 0.05) is 11.3 Å². The molecule has 1 aromatic heterocycles. The molecule has 0 unspecified atom stereocenters. The minimum absolute atomic E-state index is 0.132. The fourth-order valence-electron chi connectivity index (χ4n) is 4.01. The van der Waals surface area contributed by atoms with Crippen LogP contribution in [0.4, 0.5) is 0 Å². The Balaban J connectivity index is 1.28. The van der Waals surface area contributed by atoms with Crippen molar-refractivity contribution in [2.75, 3.05) is 12.9 Å². The van der Waals surface area contributed by atoms with Gasteiger partial charge < -0.3 is 4.74 Å². The average Bonchev–Trinajstić information content (AvgIpc) is 3.44. The monoisotopic (exact) mass is 533 g/mol. The van der Waals surface area contributed by atoms with Gasteiger partial charge in [0.05, 0.1) is 18.6 Å². The number of aromatic nitrogens is 3. The van der Waals surface area contributed by atoms with Crippen molar-refractivity contribution >= 4 is 23.4 Å². The van der Waals surface area contributed by atoms with Crippen LogP contribution in [-0.4, -0.2) is 39.2 Å². The van der Waals surface area contributed by atoms with Crippen LogP contribution in [0.3, 0.4) is 0 Å². The van der Waals surface area contributed by atoms with Gasteiger partial charge in [0.1, 0.15) is 5.75 Å². The van der Waals surface area contributed by atoms with Gasteiger partial charge in [-0.25, -0.2) is 5.43 Å². The lowest BCUT2D eigenvalue weighted by molar-refractivity contribution is -0.118. The maximum absolute atomic E-state index is 12.7. The molecule has 0 bridgehead atoms. The topological polar surface area (TPSA) is 81.4 Å². The number of carbonyl (C=O) groups is 1. The zero-order valence-corrected chi connectivity index (χ0v) is 22.4. The Labute approximate surface area is 231 Å². The molecule has 0 saturated heterocycles. The molecule has 0 aliphatic heterocycles. The number of methoxy groups -OCH3 is 1. The summed E-state index contributed by atoms with van der Waals surface area (Å²) >= 11 is 1.30. The summed E-state index contributed by atoms with van der Waals surface area (Å²) in [5.74, 6) is 1.35. The number of benzene rings is 4. The van der Waals surface area contributed by atoms with Crippen LogP contribution in [0.15, 0.2) is 119 Å². The molecule has 7 nitrogen and oxygen atoms in total. The van der Waals surface area contributed by atoms with E-state index in [-0.39, 0.29) is 11.7 Å². The van der Waals surface area contributed by atoms with E-state index in [1.807, 2.05) is 96.4 Å². The van der Waals surface area contributed by atoms with E-state index >= 15 is 0 Å². The summed E-state index contributed by atoms with van der Waals surface area (Å²) in [6.07, 6.45) is 0. The Morgan fingerprint density at radius 2 is 1.44 bits per heavy atom. The molecule has 5 rings (SSSR count). The zero-order valence-electron chi connectivity index (χ0n) is 21.6. The number of amides is 1. The van der Waals surface area contributed by atoms with Gasteiger partial charge in [-0.15, -0.1) is 10.2 Å². The lowest BCUT2D eigenvalue weighted by Gasteiger charge is -2.11. The second kappa shape index (κ2) is 12.2. The van der Waals surface area contributed by atoms with Gasteiger partial charge >= 0.3 is 0 Å². The third-order valence-electron chi connectivity index (χ3n) is 6.09. The molecular formula is C31H27N5O2S. The van der Waals surface area contributed by atoms with E-state index in [0.717, 1.165) is 39.4 Å². The van der Waals surface area contributed by atoms with Gasteiger partial charge in [-0.05, 0) is 47.9 Å².